The molecule has 0 aliphatic heterocycles. The summed E-state index contributed by atoms with van der Waals surface area (Å²) in [7, 11) is 0. The third-order valence-corrected chi connectivity index (χ3v) is 3.51. The maximum atomic E-state index is 12.2. The minimum absolute atomic E-state index is 0.191. The highest BCUT2D eigenvalue weighted by atomic mass is 16.1. The van der Waals surface area contributed by atoms with Crippen LogP contribution in [0.1, 0.15) is 21.6 Å². The number of hydrogen-bond acceptors (Lipinski definition) is 4. The van der Waals surface area contributed by atoms with Gasteiger partial charge in [-0.05, 0) is 29.3 Å². The fourth-order valence-corrected chi connectivity index (χ4v) is 2.24. The zero-order valence-electron chi connectivity index (χ0n) is 13.1. The van der Waals surface area contributed by atoms with Gasteiger partial charge in [-0.2, -0.15) is 0 Å². The Kier molecular flexibility index (Phi) is 5.14. The fourth-order valence-electron chi connectivity index (χ4n) is 2.24. The standard InChI is InChI=1S/C19H18N4O/c24-19(23-13-15-5-2-1-3-6-15)18-11-17(8-10-21-18)22-14-16-7-4-9-20-12-16/h1-12H,13-14H2,(H,21,22)(H,23,24). The van der Waals surface area contributed by atoms with Gasteiger partial charge < -0.3 is 10.6 Å². The van der Waals surface area contributed by atoms with Crippen molar-refractivity contribution in [2.45, 2.75) is 13.1 Å². The van der Waals surface area contributed by atoms with Crippen LogP contribution in [0.4, 0.5) is 5.69 Å². The number of pyridine rings is 2. The number of anilines is 1. The quantitative estimate of drug-likeness (QED) is 0.733. The van der Waals surface area contributed by atoms with E-state index in [0.717, 1.165) is 16.8 Å². The molecule has 1 aromatic carbocycles. The van der Waals surface area contributed by atoms with E-state index >= 15 is 0 Å². The molecular formula is C19H18N4O. The summed E-state index contributed by atoms with van der Waals surface area (Å²) in [5.74, 6) is -0.191. The number of benzene rings is 1. The lowest BCUT2D eigenvalue weighted by molar-refractivity contribution is 0.0946. The second kappa shape index (κ2) is 7.87. The van der Waals surface area contributed by atoms with Gasteiger partial charge in [-0.15, -0.1) is 0 Å². The number of carbonyl (C=O) groups excluding carboxylic acids is 1. The van der Waals surface area contributed by atoms with E-state index in [1.165, 1.54) is 0 Å². The van der Waals surface area contributed by atoms with Crippen LogP contribution in [0.2, 0.25) is 0 Å². The SMILES string of the molecule is O=C(NCc1ccccc1)c1cc(NCc2cccnc2)ccn1. The molecule has 5 heteroatoms. The highest BCUT2D eigenvalue weighted by molar-refractivity contribution is 5.93. The Hall–Kier alpha value is -3.21. The van der Waals surface area contributed by atoms with Gasteiger partial charge >= 0.3 is 0 Å². The molecule has 0 atom stereocenters. The van der Waals surface area contributed by atoms with E-state index in [9.17, 15) is 4.79 Å². The molecule has 0 aliphatic rings. The molecule has 0 bridgehead atoms. The van der Waals surface area contributed by atoms with E-state index < -0.39 is 0 Å². The summed E-state index contributed by atoms with van der Waals surface area (Å²) >= 11 is 0. The Labute approximate surface area is 140 Å². The van der Waals surface area contributed by atoms with Crippen molar-refractivity contribution < 1.29 is 4.79 Å². The first kappa shape index (κ1) is 15.7. The molecule has 1 amide bonds. The van der Waals surface area contributed by atoms with Crippen molar-refractivity contribution in [3.05, 3.63) is 90.0 Å². The Balaban J connectivity index is 1.59. The van der Waals surface area contributed by atoms with Gasteiger partial charge in [-0.1, -0.05) is 36.4 Å². The van der Waals surface area contributed by atoms with Crippen molar-refractivity contribution in [2.24, 2.45) is 0 Å². The molecule has 0 aliphatic carbocycles. The fraction of sp³-hybridized carbons (Fsp3) is 0.105. The first-order valence-electron chi connectivity index (χ1n) is 7.72. The molecule has 2 N–H and O–H groups in total. The summed E-state index contributed by atoms with van der Waals surface area (Å²) in [5.41, 5.74) is 3.36. The molecule has 0 saturated heterocycles. The first-order chi connectivity index (χ1) is 11.8. The summed E-state index contributed by atoms with van der Waals surface area (Å²) in [6.07, 6.45) is 5.18. The largest absolute Gasteiger partial charge is 0.381 e. The second-order valence-corrected chi connectivity index (χ2v) is 5.31. The second-order valence-electron chi connectivity index (χ2n) is 5.31. The molecule has 3 rings (SSSR count). The monoisotopic (exact) mass is 318 g/mol. The van der Waals surface area contributed by atoms with Crippen LogP contribution in [0.5, 0.6) is 0 Å². The smallest absolute Gasteiger partial charge is 0.270 e. The number of hydrogen-bond donors (Lipinski definition) is 2. The molecule has 0 spiro atoms. The van der Waals surface area contributed by atoms with Crippen LogP contribution in [0.25, 0.3) is 0 Å². The number of rotatable bonds is 6. The Bertz CT molecular complexity index is 791. The lowest BCUT2D eigenvalue weighted by Gasteiger charge is -2.08. The van der Waals surface area contributed by atoms with Gasteiger partial charge in [0.1, 0.15) is 5.69 Å². The molecule has 24 heavy (non-hydrogen) atoms. The van der Waals surface area contributed by atoms with E-state index in [1.54, 1.807) is 18.5 Å². The number of amides is 1. The van der Waals surface area contributed by atoms with Crippen LogP contribution in [-0.4, -0.2) is 15.9 Å². The molecule has 2 heterocycles. The average Bonchev–Trinajstić information content (AvgIpc) is 2.66. The van der Waals surface area contributed by atoms with Crippen molar-refractivity contribution in [3.63, 3.8) is 0 Å². The van der Waals surface area contributed by atoms with Crippen LogP contribution in [0, 0.1) is 0 Å². The summed E-state index contributed by atoms with van der Waals surface area (Å²) in [6, 6.07) is 17.3. The number of aromatic nitrogens is 2. The predicted octanol–water partition coefficient (Wildman–Crippen LogP) is 3.02. The lowest BCUT2D eigenvalue weighted by atomic mass is 10.2. The van der Waals surface area contributed by atoms with Crippen molar-refractivity contribution in [1.29, 1.82) is 0 Å². The molecule has 0 fully saturated rings. The van der Waals surface area contributed by atoms with E-state index in [4.69, 9.17) is 0 Å². The molecule has 2 aromatic heterocycles. The van der Waals surface area contributed by atoms with Crippen molar-refractivity contribution >= 4 is 11.6 Å². The van der Waals surface area contributed by atoms with Crippen molar-refractivity contribution in [1.82, 2.24) is 15.3 Å². The van der Waals surface area contributed by atoms with Gasteiger partial charge in [0.25, 0.3) is 5.91 Å². The topological polar surface area (TPSA) is 66.9 Å². The summed E-state index contributed by atoms with van der Waals surface area (Å²) in [4.78, 5) is 20.5. The third-order valence-electron chi connectivity index (χ3n) is 3.51. The molecule has 3 aromatic rings. The van der Waals surface area contributed by atoms with Crippen molar-refractivity contribution in [2.75, 3.05) is 5.32 Å². The highest BCUT2D eigenvalue weighted by Crippen LogP contribution is 2.10. The molecular weight excluding hydrogens is 300 g/mol. The Morgan fingerprint density at radius 3 is 2.54 bits per heavy atom. The van der Waals surface area contributed by atoms with E-state index in [1.807, 2.05) is 54.7 Å². The molecule has 0 unspecified atom stereocenters. The maximum absolute atomic E-state index is 12.2. The van der Waals surface area contributed by atoms with Crippen LogP contribution in [0.3, 0.4) is 0 Å². The van der Waals surface area contributed by atoms with Crippen LogP contribution >= 0.6 is 0 Å². The average molecular weight is 318 g/mol. The van der Waals surface area contributed by atoms with Crippen LogP contribution < -0.4 is 10.6 Å². The number of nitrogens with one attached hydrogen (secondary N) is 2. The summed E-state index contributed by atoms with van der Waals surface area (Å²) < 4.78 is 0. The molecule has 0 radical (unpaired) electrons. The first-order valence-corrected chi connectivity index (χ1v) is 7.72. The minimum atomic E-state index is -0.191. The highest BCUT2D eigenvalue weighted by Gasteiger charge is 2.07. The normalized spacial score (nSPS) is 10.2. The lowest BCUT2D eigenvalue weighted by Crippen LogP contribution is -2.23. The number of carbonyl (C=O) groups is 1. The predicted molar refractivity (Wildman–Crippen MR) is 93.4 cm³/mol. The third kappa shape index (κ3) is 4.39. The zero-order chi connectivity index (χ0) is 16.6. The van der Waals surface area contributed by atoms with E-state index in [-0.39, 0.29) is 5.91 Å². The van der Waals surface area contributed by atoms with Crippen molar-refractivity contribution in [3.8, 4) is 0 Å². The van der Waals surface area contributed by atoms with E-state index in [2.05, 4.69) is 20.6 Å². The summed E-state index contributed by atoms with van der Waals surface area (Å²) in [6.45, 7) is 1.12. The van der Waals surface area contributed by atoms with E-state index in [0.29, 0.717) is 18.8 Å². The van der Waals surface area contributed by atoms with Gasteiger partial charge in [-0.3, -0.25) is 14.8 Å². The molecule has 0 saturated carbocycles. The van der Waals surface area contributed by atoms with Crippen LogP contribution in [0.15, 0.2) is 73.2 Å². The Morgan fingerprint density at radius 2 is 1.75 bits per heavy atom. The minimum Gasteiger partial charge on any atom is -0.381 e. The zero-order valence-corrected chi connectivity index (χ0v) is 13.1. The van der Waals surface area contributed by atoms with Gasteiger partial charge in [0.05, 0.1) is 0 Å². The van der Waals surface area contributed by atoms with Gasteiger partial charge in [-0.25, -0.2) is 0 Å². The van der Waals surface area contributed by atoms with Gasteiger partial charge in [0.2, 0.25) is 0 Å². The van der Waals surface area contributed by atoms with Gasteiger partial charge in [0, 0.05) is 37.4 Å². The summed E-state index contributed by atoms with van der Waals surface area (Å²) in [5, 5.41) is 6.15. The number of nitrogens with zero attached hydrogens (tertiary/aromatic N) is 2. The molecule has 120 valence electrons. The van der Waals surface area contributed by atoms with Gasteiger partial charge in [0.15, 0.2) is 0 Å². The van der Waals surface area contributed by atoms with Crippen LogP contribution in [-0.2, 0) is 13.1 Å². The Morgan fingerprint density at radius 1 is 0.917 bits per heavy atom. The molecule has 5 nitrogen and oxygen atoms in total. The maximum Gasteiger partial charge on any atom is 0.270 e.